The van der Waals surface area contributed by atoms with Crippen LogP contribution < -0.4 is 9.47 Å². The number of carbonyl (C=O) groups is 2. The molecule has 1 aliphatic rings. The Kier molecular flexibility index (Phi) is 6.70. The zero-order valence-electron chi connectivity index (χ0n) is 19.1. The molecule has 8 nitrogen and oxygen atoms in total. The molecule has 2 unspecified atom stereocenters. The van der Waals surface area contributed by atoms with Crippen molar-refractivity contribution in [3.63, 3.8) is 0 Å². The van der Waals surface area contributed by atoms with Gasteiger partial charge >= 0.3 is 0 Å². The lowest BCUT2D eigenvalue weighted by atomic mass is 9.85. The zero-order valence-corrected chi connectivity index (χ0v) is 19.8. The minimum Gasteiger partial charge on any atom is -0.507 e. The summed E-state index contributed by atoms with van der Waals surface area (Å²) >= 11 is 6.13. The summed E-state index contributed by atoms with van der Waals surface area (Å²) in [5, 5.41) is 42.8. The molecule has 0 spiro atoms. The van der Waals surface area contributed by atoms with Gasteiger partial charge in [0.2, 0.25) is 0 Å². The van der Waals surface area contributed by atoms with Crippen LogP contribution in [-0.2, 0) is 0 Å². The first kappa shape index (κ1) is 24.5. The predicted molar refractivity (Wildman–Crippen MR) is 122 cm³/mol. The van der Waals surface area contributed by atoms with Crippen molar-refractivity contribution in [1.82, 2.24) is 0 Å². The molecule has 0 amide bonds. The van der Waals surface area contributed by atoms with Gasteiger partial charge in [-0.2, -0.15) is 0 Å². The highest BCUT2D eigenvalue weighted by Crippen LogP contribution is 2.58. The minimum atomic E-state index is -0.782. The Morgan fingerprint density at radius 1 is 1.09 bits per heavy atom. The van der Waals surface area contributed by atoms with Gasteiger partial charge in [-0.15, -0.1) is 0 Å². The van der Waals surface area contributed by atoms with E-state index in [1.54, 1.807) is 13.8 Å². The van der Waals surface area contributed by atoms with Gasteiger partial charge < -0.3 is 29.9 Å². The smallest absolute Gasteiger partial charge is 0.176 e. The summed E-state index contributed by atoms with van der Waals surface area (Å²) in [4.78, 5) is 26.1. The second-order valence-electron chi connectivity index (χ2n) is 8.15. The number of benzene rings is 2. The van der Waals surface area contributed by atoms with Crippen LogP contribution in [-0.4, -0.2) is 45.7 Å². The van der Waals surface area contributed by atoms with Crippen LogP contribution in [0.3, 0.4) is 0 Å². The van der Waals surface area contributed by atoms with Gasteiger partial charge in [0.1, 0.15) is 44.9 Å². The van der Waals surface area contributed by atoms with Crippen molar-refractivity contribution < 1.29 is 39.5 Å². The van der Waals surface area contributed by atoms with Crippen molar-refractivity contribution in [2.75, 3.05) is 13.7 Å². The van der Waals surface area contributed by atoms with Crippen molar-refractivity contribution in [1.29, 1.82) is 0 Å². The van der Waals surface area contributed by atoms with Gasteiger partial charge in [0.25, 0.3) is 0 Å². The van der Waals surface area contributed by atoms with Crippen LogP contribution in [0.2, 0.25) is 5.02 Å². The third kappa shape index (κ3) is 3.62. The maximum Gasteiger partial charge on any atom is 0.176 e. The van der Waals surface area contributed by atoms with E-state index in [0.717, 1.165) is 0 Å². The van der Waals surface area contributed by atoms with Crippen LogP contribution in [0.1, 0.15) is 59.9 Å². The molecule has 2 atom stereocenters. The van der Waals surface area contributed by atoms with Crippen LogP contribution in [0.4, 0.5) is 0 Å². The van der Waals surface area contributed by atoms with Crippen LogP contribution in [0.15, 0.2) is 0 Å². The predicted octanol–water partition coefficient (Wildman–Crippen LogP) is 4.98. The Balaban J connectivity index is 2.48. The number of halogens is 1. The number of rotatable bonds is 6. The highest BCUT2D eigenvalue weighted by atomic mass is 35.5. The van der Waals surface area contributed by atoms with Crippen LogP contribution in [0, 0.1) is 18.8 Å². The number of phenols is 4. The third-order valence-corrected chi connectivity index (χ3v) is 6.63. The SMILES string of the molecule is CCC(C)C(=O)c1c(O)c(Cl)c(O)c(-c2c(O)c(C)c(OC)c3c2OCC(CC)C3=O)c1O. The molecule has 0 aromatic heterocycles. The lowest BCUT2D eigenvalue weighted by molar-refractivity contribution is 0.0821. The van der Waals surface area contributed by atoms with Crippen LogP contribution in [0.25, 0.3) is 11.1 Å². The molecule has 2 aromatic carbocycles. The fourth-order valence-corrected chi connectivity index (χ4v) is 4.21. The van der Waals surface area contributed by atoms with E-state index in [4.69, 9.17) is 21.1 Å². The fraction of sp³-hybridized carbons (Fsp3) is 0.417. The molecule has 1 aliphatic heterocycles. The van der Waals surface area contributed by atoms with Crippen molar-refractivity contribution >= 4 is 23.2 Å². The third-order valence-electron chi connectivity index (χ3n) is 6.28. The first-order chi connectivity index (χ1) is 15.5. The first-order valence-corrected chi connectivity index (χ1v) is 11.0. The number of aromatic hydroxyl groups is 4. The summed E-state index contributed by atoms with van der Waals surface area (Å²) in [7, 11) is 1.35. The highest BCUT2D eigenvalue weighted by molar-refractivity contribution is 6.35. The molecular weight excluding hydrogens is 452 g/mol. The average Bonchev–Trinajstić information content (AvgIpc) is 2.80. The van der Waals surface area contributed by atoms with Crippen molar-refractivity contribution in [3.8, 4) is 45.6 Å². The Labute approximate surface area is 196 Å². The van der Waals surface area contributed by atoms with Gasteiger partial charge in [0, 0.05) is 11.5 Å². The number of Topliss-reactive ketones (excluding diaryl/α,β-unsaturated/α-hetero) is 2. The summed E-state index contributed by atoms with van der Waals surface area (Å²) in [6, 6.07) is 0. The number of hydrogen-bond donors (Lipinski definition) is 4. The molecule has 178 valence electrons. The zero-order chi connectivity index (χ0) is 24.8. The Hall–Kier alpha value is -3.13. The Morgan fingerprint density at radius 3 is 2.27 bits per heavy atom. The molecule has 33 heavy (non-hydrogen) atoms. The maximum atomic E-state index is 13.2. The van der Waals surface area contributed by atoms with Gasteiger partial charge in [-0.1, -0.05) is 32.4 Å². The minimum absolute atomic E-state index is 0.00693. The maximum absolute atomic E-state index is 13.2. The van der Waals surface area contributed by atoms with Crippen molar-refractivity contribution in [2.45, 2.75) is 40.5 Å². The standard InChI is InChI=1S/C24H27ClO8/c1-6-9(3)17(26)14-20(29)12(21(30)16(25)22(14)31)13-18(27)10(4)23(32-5)15-19(28)11(7-2)8-33-24(13)15/h9,11,27,29-31H,6-8H2,1-5H3. The number of methoxy groups -OCH3 is 1. The van der Waals surface area contributed by atoms with Gasteiger partial charge in [-0.05, 0) is 19.8 Å². The van der Waals surface area contributed by atoms with Crippen molar-refractivity contribution in [3.05, 3.63) is 21.7 Å². The van der Waals surface area contributed by atoms with E-state index in [-0.39, 0.29) is 40.6 Å². The van der Waals surface area contributed by atoms with Crippen LogP contribution >= 0.6 is 11.6 Å². The molecule has 2 aromatic rings. The number of ether oxygens (including phenoxy) is 2. The number of phenolic OH excluding ortho intramolecular Hbond substituents is 4. The fourth-order valence-electron chi connectivity index (χ4n) is 4.02. The van der Waals surface area contributed by atoms with E-state index in [2.05, 4.69) is 0 Å². The molecule has 4 N–H and O–H groups in total. The van der Waals surface area contributed by atoms with Gasteiger partial charge in [-0.25, -0.2) is 0 Å². The molecule has 0 saturated carbocycles. The second kappa shape index (κ2) is 9.02. The normalized spacial score (nSPS) is 16.2. The quantitative estimate of drug-likeness (QED) is 0.427. The van der Waals surface area contributed by atoms with E-state index in [9.17, 15) is 30.0 Å². The highest BCUT2D eigenvalue weighted by Gasteiger charge is 2.39. The van der Waals surface area contributed by atoms with Crippen molar-refractivity contribution in [2.24, 2.45) is 11.8 Å². The molecule has 0 saturated heterocycles. The van der Waals surface area contributed by atoms with Gasteiger partial charge in [0.15, 0.2) is 17.3 Å². The number of ketones is 2. The molecular formula is C24H27ClO8. The summed E-state index contributed by atoms with van der Waals surface area (Å²) in [5.74, 6) is -4.68. The van der Waals surface area contributed by atoms with E-state index in [0.29, 0.717) is 12.8 Å². The topological polar surface area (TPSA) is 134 Å². The first-order valence-electron chi connectivity index (χ1n) is 10.6. The van der Waals surface area contributed by atoms with E-state index in [1.807, 2.05) is 6.92 Å². The number of fused-ring (bicyclic) bond motifs is 1. The molecule has 3 rings (SSSR count). The monoisotopic (exact) mass is 478 g/mol. The lowest BCUT2D eigenvalue weighted by Crippen LogP contribution is -2.28. The second-order valence-corrected chi connectivity index (χ2v) is 8.53. The molecule has 1 heterocycles. The Morgan fingerprint density at radius 2 is 1.73 bits per heavy atom. The lowest BCUT2D eigenvalue weighted by Gasteiger charge is -2.29. The molecule has 0 fully saturated rings. The number of hydrogen-bond acceptors (Lipinski definition) is 8. The van der Waals surface area contributed by atoms with E-state index in [1.165, 1.54) is 14.0 Å². The molecule has 0 aliphatic carbocycles. The average molecular weight is 479 g/mol. The van der Waals surface area contributed by atoms with E-state index >= 15 is 0 Å². The summed E-state index contributed by atoms with van der Waals surface area (Å²) < 4.78 is 11.2. The van der Waals surface area contributed by atoms with Gasteiger partial charge in [0.05, 0.1) is 30.8 Å². The largest absolute Gasteiger partial charge is 0.507 e. The summed E-state index contributed by atoms with van der Waals surface area (Å²) in [5.41, 5.74) is -0.915. The summed E-state index contributed by atoms with van der Waals surface area (Å²) in [6.45, 7) is 6.72. The molecule has 0 radical (unpaired) electrons. The Bertz CT molecular complexity index is 1150. The summed E-state index contributed by atoms with van der Waals surface area (Å²) in [6.07, 6.45) is 0.926. The molecule has 9 heteroatoms. The van der Waals surface area contributed by atoms with Crippen LogP contribution in [0.5, 0.6) is 34.5 Å². The molecule has 0 bridgehead atoms. The number of carbonyl (C=O) groups excluding carboxylic acids is 2. The van der Waals surface area contributed by atoms with E-state index < -0.39 is 56.8 Å². The van der Waals surface area contributed by atoms with Gasteiger partial charge in [-0.3, -0.25) is 9.59 Å².